The second kappa shape index (κ2) is 10.2. The summed E-state index contributed by atoms with van der Waals surface area (Å²) in [6.07, 6.45) is 0. The normalized spacial score (nSPS) is 15.5. The van der Waals surface area contributed by atoms with Crippen molar-refractivity contribution in [3.63, 3.8) is 0 Å². The summed E-state index contributed by atoms with van der Waals surface area (Å²) in [6, 6.07) is 22.1. The van der Waals surface area contributed by atoms with Crippen molar-refractivity contribution >= 4 is 17.3 Å². The van der Waals surface area contributed by atoms with Gasteiger partial charge in [0.05, 0.1) is 31.0 Å². The largest absolute Gasteiger partial charge is 0.497 e. The van der Waals surface area contributed by atoms with E-state index in [1.807, 2.05) is 93.6 Å². The van der Waals surface area contributed by atoms with Crippen LogP contribution < -0.4 is 19.7 Å². The van der Waals surface area contributed by atoms with Crippen molar-refractivity contribution in [1.29, 1.82) is 0 Å². The maximum atomic E-state index is 13.4. The number of nitrogens with zero attached hydrogens (tertiary/aromatic N) is 3. The van der Waals surface area contributed by atoms with Gasteiger partial charge in [0.25, 0.3) is 5.89 Å². The number of rotatable bonds is 7. The van der Waals surface area contributed by atoms with Crippen molar-refractivity contribution < 1.29 is 18.8 Å². The summed E-state index contributed by atoms with van der Waals surface area (Å²) in [4.78, 5) is 19.8. The molecule has 1 unspecified atom stereocenters. The number of methoxy groups -OCH3 is 1. The number of amides is 2. The molecular formula is C29H28N4O4. The van der Waals surface area contributed by atoms with Gasteiger partial charge >= 0.3 is 6.03 Å². The summed E-state index contributed by atoms with van der Waals surface area (Å²) in [5, 5.41) is 7.37. The number of allylic oxidation sites excluding steroid dienone is 1. The van der Waals surface area contributed by atoms with E-state index in [1.54, 1.807) is 12.0 Å². The molecular weight excluding hydrogens is 468 g/mol. The van der Waals surface area contributed by atoms with Crippen molar-refractivity contribution in [3.05, 3.63) is 95.5 Å². The molecule has 0 bridgehead atoms. The molecule has 0 radical (unpaired) electrons. The van der Waals surface area contributed by atoms with Gasteiger partial charge in [-0.1, -0.05) is 47.1 Å². The second-order valence-electron chi connectivity index (χ2n) is 8.71. The highest BCUT2D eigenvalue weighted by Crippen LogP contribution is 2.40. The topological polar surface area (TPSA) is 89.7 Å². The fourth-order valence-electron chi connectivity index (χ4n) is 4.41. The summed E-state index contributed by atoms with van der Waals surface area (Å²) >= 11 is 0. The molecule has 0 fully saturated rings. The SMILES string of the molecule is CCOc1ccc(N2C(=O)NC(c3cccc(OC)c3)C(c3nc(-c4ccc(C)cc4)no3)=C2C)cc1. The van der Waals surface area contributed by atoms with Crippen molar-refractivity contribution in [2.75, 3.05) is 18.6 Å². The number of anilines is 1. The average Bonchev–Trinajstić information content (AvgIpc) is 3.39. The molecule has 1 N–H and O–H groups in total. The molecule has 1 aliphatic heterocycles. The van der Waals surface area contributed by atoms with Gasteiger partial charge in [-0.05, 0) is 62.7 Å². The standard InChI is InChI=1S/C29H28N4O4/c1-5-36-23-15-13-22(14-16-23)33-19(3)25(26(30-29(33)34)21-7-6-8-24(17-21)35-4)28-31-27(32-37-28)20-11-9-18(2)10-12-20/h6-17,26H,5H2,1-4H3,(H,30,34). The maximum Gasteiger partial charge on any atom is 0.326 e. The first-order chi connectivity index (χ1) is 18.0. The molecule has 8 heteroatoms. The van der Waals surface area contributed by atoms with Crippen LogP contribution in [0.5, 0.6) is 11.5 Å². The van der Waals surface area contributed by atoms with E-state index in [0.717, 1.165) is 22.4 Å². The van der Waals surface area contributed by atoms with Gasteiger partial charge in [0.1, 0.15) is 11.5 Å². The molecule has 37 heavy (non-hydrogen) atoms. The Balaban J connectivity index is 1.62. The van der Waals surface area contributed by atoms with Crippen LogP contribution >= 0.6 is 0 Å². The third kappa shape index (κ3) is 4.78. The van der Waals surface area contributed by atoms with Crippen LogP contribution in [0.4, 0.5) is 10.5 Å². The molecule has 4 aromatic rings. The first-order valence-electron chi connectivity index (χ1n) is 12.1. The molecule has 3 aromatic carbocycles. The number of aromatic nitrogens is 2. The Morgan fingerprint density at radius 1 is 1.00 bits per heavy atom. The number of hydrogen-bond acceptors (Lipinski definition) is 6. The van der Waals surface area contributed by atoms with Crippen LogP contribution in [0.2, 0.25) is 0 Å². The van der Waals surface area contributed by atoms with E-state index in [9.17, 15) is 4.79 Å². The minimum absolute atomic E-state index is 0.267. The van der Waals surface area contributed by atoms with Crippen LogP contribution in [0, 0.1) is 6.92 Å². The van der Waals surface area contributed by atoms with Crippen LogP contribution in [0.15, 0.2) is 83.0 Å². The average molecular weight is 497 g/mol. The minimum atomic E-state index is -0.520. The Morgan fingerprint density at radius 2 is 1.76 bits per heavy atom. The first kappa shape index (κ1) is 24.1. The third-order valence-corrected chi connectivity index (χ3v) is 6.28. The van der Waals surface area contributed by atoms with E-state index >= 15 is 0 Å². The van der Waals surface area contributed by atoms with E-state index in [1.165, 1.54) is 0 Å². The van der Waals surface area contributed by atoms with Crippen LogP contribution in [-0.4, -0.2) is 29.9 Å². The lowest BCUT2D eigenvalue weighted by Gasteiger charge is -2.35. The molecule has 0 saturated heterocycles. The molecule has 0 aliphatic carbocycles. The van der Waals surface area contributed by atoms with Gasteiger partial charge in [-0.25, -0.2) is 4.79 Å². The summed E-state index contributed by atoms with van der Waals surface area (Å²) < 4.78 is 16.8. The van der Waals surface area contributed by atoms with Gasteiger partial charge in [0.15, 0.2) is 0 Å². The van der Waals surface area contributed by atoms with Crippen LogP contribution in [-0.2, 0) is 0 Å². The van der Waals surface area contributed by atoms with Crippen molar-refractivity contribution in [1.82, 2.24) is 15.5 Å². The van der Waals surface area contributed by atoms with E-state index in [4.69, 9.17) is 19.0 Å². The first-order valence-corrected chi connectivity index (χ1v) is 12.1. The number of aryl methyl sites for hydroxylation is 1. The molecule has 8 nitrogen and oxygen atoms in total. The zero-order valence-electron chi connectivity index (χ0n) is 21.2. The van der Waals surface area contributed by atoms with Crippen LogP contribution in [0.25, 0.3) is 17.0 Å². The van der Waals surface area contributed by atoms with Gasteiger partial charge in [0.2, 0.25) is 5.82 Å². The Bertz CT molecular complexity index is 1440. The maximum absolute atomic E-state index is 13.4. The van der Waals surface area contributed by atoms with Crippen molar-refractivity contribution in [2.24, 2.45) is 0 Å². The van der Waals surface area contributed by atoms with E-state index < -0.39 is 6.04 Å². The predicted molar refractivity (Wildman–Crippen MR) is 141 cm³/mol. The van der Waals surface area contributed by atoms with Crippen LogP contribution in [0.1, 0.15) is 36.9 Å². The number of hydrogen-bond donors (Lipinski definition) is 1. The predicted octanol–water partition coefficient (Wildman–Crippen LogP) is 6.15. The Morgan fingerprint density at radius 3 is 2.46 bits per heavy atom. The van der Waals surface area contributed by atoms with Gasteiger partial charge < -0.3 is 19.3 Å². The quantitative estimate of drug-likeness (QED) is 0.330. The Hall–Kier alpha value is -4.59. The zero-order chi connectivity index (χ0) is 25.9. The number of benzene rings is 3. The second-order valence-corrected chi connectivity index (χ2v) is 8.71. The highest BCUT2D eigenvalue weighted by atomic mass is 16.5. The van der Waals surface area contributed by atoms with Crippen LogP contribution in [0.3, 0.4) is 0 Å². The summed E-state index contributed by atoms with van der Waals surface area (Å²) in [7, 11) is 1.61. The van der Waals surface area contributed by atoms with E-state index in [0.29, 0.717) is 41.0 Å². The Labute approximate surface area is 215 Å². The van der Waals surface area contributed by atoms with E-state index in [2.05, 4.69) is 10.5 Å². The zero-order valence-corrected chi connectivity index (χ0v) is 21.2. The highest BCUT2D eigenvalue weighted by Gasteiger charge is 2.36. The molecule has 5 rings (SSSR count). The van der Waals surface area contributed by atoms with Gasteiger partial charge in [-0.15, -0.1) is 0 Å². The highest BCUT2D eigenvalue weighted by molar-refractivity contribution is 6.01. The third-order valence-electron chi connectivity index (χ3n) is 6.28. The molecule has 1 aromatic heterocycles. The molecule has 2 heterocycles. The molecule has 2 amide bonds. The Kier molecular flexibility index (Phi) is 6.64. The van der Waals surface area contributed by atoms with E-state index in [-0.39, 0.29) is 6.03 Å². The summed E-state index contributed by atoms with van der Waals surface area (Å²) in [6.45, 7) is 6.40. The minimum Gasteiger partial charge on any atom is -0.497 e. The molecule has 0 spiro atoms. The lowest BCUT2D eigenvalue weighted by atomic mass is 9.94. The molecule has 0 saturated carbocycles. The number of ether oxygens (including phenoxy) is 2. The summed E-state index contributed by atoms with van der Waals surface area (Å²) in [5.41, 5.74) is 4.90. The smallest absolute Gasteiger partial charge is 0.326 e. The molecule has 188 valence electrons. The lowest BCUT2D eigenvalue weighted by Crippen LogP contribution is -2.46. The van der Waals surface area contributed by atoms with Gasteiger partial charge in [-0.2, -0.15) is 4.98 Å². The fourth-order valence-corrected chi connectivity index (χ4v) is 4.41. The number of urea groups is 1. The van der Waals surface area contributed by atoms with Crippen molar-refractivity contribution in [3.8, 4) is 22.9 Å². The number of nitrogens with one attached hydrogen (secondary N) is 1. The molecule has 1 aliphatic rings. The van der Waals surface area contributed by atoms with Crippen molar-refractivity contribution in [2.45, 2.75) is 26.8 Å². The monoisotopic (exact) mass is 496 g/mol. The molecule has 1 atom stereocenters. The fraction of sp³-hybridized carbons (Fsp3) is 0.207. The van der Waals surface area contributed by atoms with Gasteiger partial charge in [0, 0.05) is 11.3 Å². The number of carbonyl (C=O) groups excluding carboxylic acids is 1. The lowest BCUT2D eigenvalue weighted by molar-refractivity contribution is 0.244. The summed E-state index contributed by atoms with van der Waals surface area (Å²) in [5.74, 6) is 2.23. The number of carbonyl (C=O) groups is 1. The van der Waals surface area contributed by atoms with Gasteiger partial charge in [-0.3, -0.25) is 4.90 Å².